The van der Waals surface area contributed by atoms with E-state index < -0.39 is 23.0 Å². The molecule has 3 aromatic rings. The van der Waals surface area contributed by atoms with Crippen molar-refractivity contribution >= 4 is 11.6 Å². The molecular weight excluding hydrogens is 435 g/mol. The molecule has 0 N–H and O–H groups in total. The van der Waals surface area contributed by atoms with Gasteiger partial charge in [-0.3, -0.25) is 19.1 Å². The van der Waals surface area contributed by atoms with Gasteiger partial charge in [-0.25, -0.2) is 4.98 Å². The lowest BCUT2D eigenvalue weighted by Crippen LogP contribution is -2.30. The molecule has 0 radical (unpaired) electrons. The van der Waals surface area contributed by atoms with Crippen LogP contribution in [0, 0.1) is 11.3 Å². The van der Waals surface area contributed by atoms with Crippen LogP contribution in [-0.2, 0) is 32.6 Å². The average molecular weight is 450 g/mol. The Morgan fingerprint density at radius 3 is 2.55 bits per heavy atom. The Hall–Kier alpha value is -3.45. The van der Waals surface area contributed by atoms with Gasteiger partial charge in [0.25, 0.3) is 11.1 Å². The van der Waals surface area contributed by atoms with Crippen molar-refractivity contribution in [3.8, 4) is 6.07 Å². The molecule has 0 saturated carbocycles. The Labute approximate surface area is 179 Å². The average Bonchev–Trinajstić information content (AvgIpc) is 2.70. The molecule has 11 heteroatoms. The first-order valence-electron chi connectivity index (χ1n) is 8.95. The van der Waals surface area contributed by atoms with Gasteiger partial charge in [0.2, 0.25) is 0 Å². The summed E-state index contributed by atoms with van der Waals surface area (Å²) in [5, 5.41) is 9.30. The summed E-state index contributed by atoms with van der Waals surface area (Å²) in [6, 6.07) is 6.39. The Balaban J connectivity index is 1.98. The normalized spacial score (nSPS) is 11.4. The zero-order valence-corrected chi connectivity index (χ0v) is 16.9. The molecule has 0 fully saturated rings. The first kappa shape index (κ1) is 22.2. The van der Waals surface area contributed by atoms with E-state index in [9.17, 15) is 22.8 Å². The number of nitriles is 1. The maximum absolute atomic E-state index is 13.5. The Bertz CT molecular complexity index is 1290. The molecule has 0 spiro atoms. The Morgan fingerprint density at radius 2 is 1.90 bits per heavy atom. The van der Waals surface area contributed by atoms with Crippen LogP contribution in [0.4, 0.5) is 13.2 Å². The molecule has 0 unspecified atom stereocenters. The SMILES string of the molecule is Cn1cc(Cn2cnc(C(F)(F)F)c(CCc3cc(Cl)cc(C#N)c3)c2=O)ncc1=O. The van der Waals surface area contributed by atoms with Gasteiger partial charge in [0.05, 0.1) is 36.4 Å². The van der Waals surface area contributed by atoms with Crippen LogP contribution in [0.2, 0.25) is 5.02 Å². The Morgan fingerprint density at radius 1 is 1.16 bits per heavy atom. The van der Waals surface area contributed by atoms with Gasteiger partial charge in [-0.1, -0.05) is 11.6 Å². The third-order valence-corrected chi connectivity index (χ3v) is 4.73. The number of aromatic nitrogens is 4. The number of halogens is 4. The highest BCUT2D eigenvalue weighted by Gasteiger charge is 2.36. The molecule has 0 aliphatic carbocycles. The first-order valence-corrected chi connectivity index (χ1v) is 9.33. The molecule has 31 heavy (non-hydrogen) atoms. The second kappa shape index (κ2) is 8.73. The van der Waals surface area contributed by atoms with Crippen molar-refractivity contribution in [1.82, 2.24) is 19.1 Å². The van der Waals surface area contributed by atoms with E-state index in [0.717, 1.165) is 17.1 Å². The zero-order chi connectivity index (χ0) is 22.8. The highest BCUT2D eigenvalue weighted by Crippen LogP contribution is 2.29. The lowest BCUT2D eigenvalue weighted by molar-refractivity contribution is -0.142. The van der Waals surface area contributed by atoms with Gasteiger partial charge in [-0.2, -0.15) is 18.4 Å². The smallest absolute Gasteiger partial charge is 0.315 e. The molecule has 0 amide bonds. The fourth-order valence-electron chi connectivity index (χ4n) is 3.05. The molecule has 3 rings (SSSR count). The van der Waals surface area contributed by atoms with E-state index in [1.807, 2.05) is 6.07 Å². The second-order valence-corrected chi connectivity index (χ2v) is 7.23. The number of nitrogens with zero attached hydrogens (tertiary/aromatic N) is 5. The number of benzene rings is 1. The fraction of sp³-hybridized carbons (Fsp3) is 0.250. The van der Waals surface area contributed by atoms with E-state index in [1.165, 1.54) is 36.0 Å². The van der Waals surface area contributed by atoms with E-state index in [1.54, 1.807) is 0 Å². The lowest BCUT2D eigenvalue weighted by atomic mass is 10.0. The largest absolute Gasteiger partial charge is 0.433 e. The van der Waals surface area contributed by atoms with Crippen molar-refractivity contribution in [1.29, 1.82) is 5.26 Å². The minimum atomic E-state index is -4.81. The van der Waals surface area contributed by atoms with Crippen LogP contribution in [-0.4, -0.2) is 19.1 Å². The minimum absolute atomic E-state index is 0.0529. The van der Waals surface area contributed by atoms with Crippen LogP contribution in [0.1, 0.15) is 28.1 Å². The van der Waals surface area contributed by atoms with Gasteiger partial charge >= 0.3 is 6.18 Å². The van der Waals surface area contributed by atoms with Gasteiger partial charge in [0.1, 0.15) is 0 Å². The fourth-order valence-corrected chi connectivity index (χ4v) is 3.31. The van der Waals surface area contributed by atoms with Gasteiger partial charge in [-0.15, -0.1) is 0 Å². The Kier molecular flexibility index (Phi) is 6.27. The van der Waals surface area contributed by atoms with E-state index in [2.05, 4.69) is 9.97 Å². The predicted octanol–water partition coefficient (Wildman–Crippen LogP) is 2.71. The quantitative estimate of drug-likeness (QED) is 0.597. The van der Waals surface area contributed by atoms with Crippen molar-refractivity contribution in [2.75, 3.05) is 0 Å². The van der Waals surface area contributed by atoms with Gasteiger partial charge in [0.15, 0.2) is 5.69 Å². The standard InChI is InChI=1S/C20H15ClF3N5O2/c1-28-9-15(26-8-17(28)30)10-29-11-27-18(20(22,23)24)16(19(29)31)3-2-12-4-13(7-25)6-14(21)5-12/h4-6,8-9,11H,2-3,10H2,1H3. The van der Waals surface area contributed by atoms with Crippen molar-refractivity contribution in [3.05, 3.63) is 90.7 Å². The molecule has 0 aliphatic heterocycles. The molecule has 2 heterocycles. The third kappa shape index (κ3) is 5.19. The monoisotopic (exact) mass is 449 g/mol. The summed E-state index contributed by atoms with van der Waals surface area (Å²) in [7, 11) is 1.49. The topological polar surface area (TPSA) is 93.6 Å². The molecule has 160 valence electrons. The maximum Gasteiger partial charge on any atom is 0.433 e. The lowest BCUT2D eigenvalue weighted by Gasteiger charge is -2.14. The van der Waals surface area contributed by atoms with Crippen molar-refractivity contribution in [2.24, 2.45) is 7.05 Å². The summed E-state index contributed by atoms with van der Waals surface area (Å²) in [6.07, 6.45) is -1.75. The summed E-state index contributed by atoms with van der Waals surface area (Å²) < 4.78 is 42.7. The predicted molar refractivity (Wildman–Crippen MR) is 106 cm³/mol. The van der Waals surface area contributed by atoms with E-state index in [4.69, 9.17) is 16.9 Å². The summed E-state index contributed by atoms with van der Waals surface area (Å²) in [4.78, 5) is 31.7. The highest BCUT2D eigenvalue weighted by atomic mass is 35.5. The molecular formula is C20H15ClF3N5O2. The van der Waals surface area contributed by atoms with E-state index in [-0.39, 0.29) is 35.5 Å². The number of rotatable bonds is 5. The van der Waals surface area contributed by atoms with E-state index >= 15 is 0 Å². The molecule has 1 aromatic carbocycles. The zero-order valence-electron chi connectivity index (χ0n) is 16.1. The van der Waals surface area contributed by atoms with Crippen LogP contribution in [0.15, 0.2) is 46.5 Å². The van der Waals surface area contributed by atoms with Gasteiger partial charge in [0, 0.05) is 23.8 Å². The second-order valence-electron chi connectivity index (χ2n) is 6.79. The number of aryl methyl sites for hydroxylation is 2. The van der Waals surface area contributed by atoms with Crippen LogP contribution in [0.25, 0.3) is 0 Å². The summed E-state index contributed by atoms with van der Waals surface area (Å²) in [6.45, 7) is -0.152. The maximum atomic E-state index is 13.5. The van der Waals surface area contributed by atoms with Crippen LogP contribution in [0.5, 0.6) is 0 Å². The van der Waals surface area contributed by atoms with Gasteiger partial charge < -0.3 is 4.57 Å². The molecule has 2 aromatic heterocycles. The summed E-state index contributed by atoms with van der Waals surface area (Å²) in [5.74, 6) is 0. The number of alkyl halides is 3. The summed E-state index contributed by atoms with van der Waals surface area (Å²) in [5.41, 5.74) is -1.89. The summed E-state index contributed by atoms with van der Waals surface area (Å²) >= 11 is 5.94. The van der Waals surface area contributed by atoms with Gasteiger partial charge in [-0.05, 0) is 36.6 Å². The molecule has 0 bridgehead atoms. The van der Waals surface area contributed by atoms with E-state index in [0.29, 0.717) is 11.3 Å². The van der Waals surface area contributed by atoms with Crippen LogP contribution >= 0.6 is 11.6 Å². The van der Waals surface area contributed by atoms with Crippen molar-refractivity contribution < 1.29 is 13.2 Å². The third-order valence-electron chi connectivity index (χ3n) is 4.51. The van der Waals surface area contributed by atoms with Crippen LogP contribution < -0.4 is 11.1 Å². The van der Waals surface area contributed by atoms with Crippen LogP contribution in [0.3, 0.4) is 0 Å². The molecule has 0 aliphatic rings. The minimum Gasteiger partial charge on any atom is -0.315 e. The number of hydrogen-bond donors (Lipinski definition) is 0. The first-order chi connectivity index (χ1) is 14.6. The molecule has 0 saturated heterocycles. The van der Waals surface area contributed by atoms with Crippen molar-refractivity contribution in [2.45, 2.75) is 25.6 Å². The highest BCUT2D eigenvalue weighted by molar-refractivity contribution is 6.30. The van der Waals surface area contributed by atoms with Crippen molar-refractivity contribution in [3.63, 3.8) is 0 Å². The molecule has 7 nitrogen and oxygen atoms in total. The number of hydrogen-bond acceptors (Lipinski definition) is 5. The molecule has 0 atom stereocenters.